The molecule has 0 atom stereocenters. The normalized spacial score (nSPS) is 16.9. The van der Waals surface area contributed by atoms with E-state index >= 15 is 0 Å². The molecule has 1 fully saturated rings. The second-order valence-corrected chi connectivity index (χ2v) is 8.45. The van der Waals surface area contributed by atoms with Crippen LogP contribution in [-0.4, -0.2) is 48.8 Å². The summed E-state index contributed by atoms with van der Waals surface area (Å²) in [7, 11) is 0. The SMILES string of the molecule is Cc1cc2c3c(c(NCCC(F)(F)F)nc2cc1OCCCN1CCCC1)CCC3. The lowest BCUT2D eigenvalue weighted by atomic mass is 10.0. The summed E-state index contributed by atoms with van der Waals surface area (Å²) in [5.74, 6) is 1.42. The van der Waals surface area contributed by atoms with Crippen LogP contribution in [0, 0.1) is 6.92 Å². The van der Waals surface area contributed by atoms with Crippen molar-refractivity contribution in [3.63, 3.8) is 0 Å². The molecular weight excluding hydrogens is 391 g/mol. The van der Waals surface area contributed by atoms with Crippen molar-refractivity contribution in [1.82, 2.24) is 9.88 Å². The van der Waals surface area contributed by atoms with E-state index in [0.29, 0.717) is 12.4 Å². The first-order valence-corrected chi connectivity index (χ1v) is 11.0. The Balaban J connectivity index is 1.49. The van der Waals surface area contributed by atoms with E-state index in [1.54, 1.807) is 0 Å². The number of hydrogen-bond acceptors (Lipinski definition) is 4. The molecule has 2 heterocycles. The summed E-state index contributed by atoms with van der Waals surface area (Å²) in [6, 6.07) is 4.08. The summed E-state index contributed by atoms with van der Waals surface area (Å²) in [6.45, 7) is 5.99. The van der Waals surface area contributed by atoms with Gasteiger partial charge in [-0.15, -0.1) is 0 Å². The van der Waals surface area contributed by atoms with Crippen molar-refractivity contribution in [1.29, 1.82) is 0 Å². The number of fused-ring (bicyclic) bond motifs is 3. The van der Waals surface area contributed by atoms with E-state index in [2.05, 4.69) is 16.3 Å². The number of nitrogens with zero attached hydrogens (tertiary/aromatic N) is 2. The maximum Gasteiger partial charge on any atom is 0.390 e. The van der Waals surface area contributed by atoms with Crippen LogP contribution in [0.15, 0.2) is 12.1 Å². The van der Waals surface area contributed by atoms with Gasteiger partial charge in [-0.05, 0) is 81.3 Å². The Labute approximate surface area is 175 Å². The lowest BCUT2D eigenvalue weighted by Gasteiger charge is -2.17. The van der Waals surface area contributed by atoms with Gasteiger partial charge in [0.05, 0.1) is 18.5 Å². The molecule has 0 radical (unpaired) electrons. The first-order valence-electron chi connectivity index (χ1n) is 11.0. The number of benzene rings is 1. The molecule has 7 heteroatoms. The van der Waals surface area contributed by atoms with Gasteiger partial charge in [0.1, 0.15) is 11.6 Å². The molecule has 4 nitrogen and oxygen atoms in total. The van der Waals surface area contributed by atoms with Crippen LogP contribution < -0.4 is 10.1 Å². The van der Waals surface area contributed by atoms with Crippen LogP contribution in [0.2, 0.25) is 0 Å². The standard InChI is InChI=1S/C23H30F3N3O/c1-16-14-19-17-6-4-7-18(17)22(27-9-8-23(24,25)26)28-20(19)15-21(16)30-13-5-12-29-10-2-3-11-29/h14-15H,2-13H2,1H3,(H,27,28). The number of anilines is 1. The maximum atomic E-state index is 12.5. The van der Waals surface area contributed by atoms with Gasteiger partial charge in [-0.25, -0.2) is 4.98 Å². The molecular formula is C23H30F3N3O. The highest BCUT2D eigenvalue weighted by Crippen LogP contribution is 2.36. The van der Waals surface area contributed by atoms with Gasteiger partial charge in [-0.2, -0.15) is 13.2 Å². The summed E-state index contributed by atoms with van der Waals surface area (Å²) in [6.07, 6.45) is 1.36. The molecule has 0 spiro atoms. The average Bonchev–Trinajstić information content (AvgIpc) is 3.37. The zero-order valence-electron chi connectivity index (χ0n) is 17.6. The van der Waals surface area contributed by atoms with E-state index in [0.717, 1.165) is 60.0 Å². The van der Waals surface area contributed by atoms with Gasteiger partial charge < -0.3 is 15.0 Å². The number of aryl methyl sites for hydroxylation is 2. The summed E-state index contributed by atoms with van der Waals surface area (Å²) in [5.41, 5.74) is 4.17. The number of rotatable bonds is 8. The first kappa shape index (κ1) is 21.2. The highest BCUT2D eigenvalue weighted by atomic mass is 19.4. The van der Waals surface area contributed by atoms with Crippen LogP contribution in [0.25, 0.3) is 10.9 Å². The third kappa shape index (κ3) is 4.99. The fourth-order valence-corrected chi connectivity index (χ4v) is 4.60. The van der Waals surface area contributed by atoms with Crippen LogP contribution in [0.1, 0.15) is 48.8 Å². The number of hydrogen-bond donors (Lipinski definition) is 1. The number of likely N-dealkylation sites (tertiary alicyclic amines) is 1. The van der Waals surface area contributed by atoms with E-state index in [9.17, 15) is 13.2 Å². The topological polar surface area (TPSA) is 37.4 Å². The molecule has 0 amide bonds. The van der Waals surface area contributed by atoms with Crippen molar-refractivity contribution in [2.45, 2.75) is 58.0 Å². The van der Waals surface area contributed by atoms with Gasteiger partial charge in [0, 0.05) is 24.5 Å². The molecule has 164 valence electrons. The van der Waals surface area contributed by atoms with Crippen molar-refractivity contribution >= 4 is 16.7 Å². The lowest BCUT2D eigenvalue weighted by molar-refractivity contribution is -0.131. The van der Waals surface area contributed by atoms with Crippen molar-refractivity contribution in [3.8, 4) is 5.75 Å². The number of nitrogens with one attached hydrogen (secondary N) is 1. The predicted molar refractivity (Wildman–Crippen MR) is 113 cm³/mol. The van der Waals surface area contributed by atoms with Crippen molar-refractivity contribution in [2.75, 3.05) is 38.1 Å². The van der Waals surface area contributed by atoms with Gasteiger partial charge >= 0.3 is 6.18 Å². The molecule has 1 aliphatic heterocycles. The Morgan fingerprint density at radius 3 is 2.63 bits per heavy atom. The van der Waals surface area contributed by atoms with Gasteiger partial charge in [0.25, 0.3) is 0 Å². The minimum absolute atomic E-state index is 0.153. The molecule has 2 aliphatic rings. The van der Waals surface area contributed by atoms with E-state index < -0.39 is 12.6 Å². The molecule has 0 saturated carbocycles. The Bertz CT molecular complexity index is 892. The third-order valence-electron chi connectivity index (χ3n) is 6.13. The highest BCUT2D eigenvalue weighted by Gasteiger charge is 2.27. The van der Waals surface area contributed by atoms with E-state index in [-0.39, 0.29) is 6.54 Å². The quantitative estimate of drug-likeness (QED) is 0.590. The zero-order valence-corrected chi connectivity index (χ0v) is 17.6. The summed E-state index contributed by atoms with van der Waals surface area (Å²) < 4.78 is 43.7. The second kappa shape index (κ2) is 9.00. The van der Waals surface area contributed by atoms with E-state index in [1.807, 2.05) is 13.0 Å². The average molecular weight is 422 g/mol. The number of halogens is 3. The molecule has 4 rings (SSSR count). The Morgan fingerprint density at radius 1 is 1.10 bits per heavy atom. The van der Waals surface area contributed by atoms with Crippen LogP contribution in [0.3, 0.4) is 0 Å². The molecule has 1 aromatic heterocycles. The predicted octanol–water partition coefficient (Wildman–Crippen LogP) is 5.26. The summed E-state index contributed by atoms with van der Waals surface area (Å²) >= 11 is 0. The fraction of sp³-hybridized carbons (Fsp3) is 0.609. The van der Waals surface area contributed by atoms with Crippen molar-refractivity contribution < 1.29 is 17.9 Å². The van der Waals surface area contributed by atoms with Gasteiger partial charge in [0.2, 0.25) is 0 Å². The Hall–Kier alpha value is -2.02. The first-order chi connectivity index (χ1) is 14.4. The largest absolute Gasteiger partial charge is 0.493 e. The van der Waals surface area contributed by atoms with Crippen LogP contribution in [0.5, 0.6) is 5.75 Å². The zero-order chi connectivity index (χ0) is 21.1. The Morgan fingerprint density at radius 2 is 1.87 bits per heavy atom. The van der Waals surface area contributed by atoms with Gasteiger partial charge in [0.15, 0.2) is 0 Å². The number of aromatic nitrogens is 1. The maximum absolute atomic E-state index is 12.5. The molecule has 1 saturated heterocycles. The lowest BCUT2D eigenvalue weighted by Crippen LogP contribution is -2.22. The molecule has 1 N–H and O–H groups in total. The molecule has 0 bridgehead atoms. The van der Waals surface area contributed by atoms with E-state index in [1.165, 1.54) is 31.5 Å². The highest BCUT2D eigenvalue weighted by molar-refractivity contribution is 5.88. The molecule has 30 heavy (non-hydrogen) atoms. The summed E-state index contributed by atoms with van der Waals surface area (Å²) in [5, 5.41) is 4.04. The fourth-order valence-electron chi connectivity index (χ4n) is 4.60. The van der Waals surface area contributed by atoms with Gasteiger partial charge in [-0.3, -0.25) is 0 Å². The third-order valence-corrected chi connectivity index (χ3v) is 6.13. The van der Waals surface area contributed by atoms with Crippen molar-refractivity contribution in [3.05, 3.63) is 28.8 Å². The minimum Gasteiger partial charge on any atom is -0.493 e. The number of pyridine rings is 1. The number of ether oxygens (including phenoxy) is 1. The monoisotopic (exact) mass is 421 g/mol. The molecule has 1 aliphatic carbocycles. The summed E-state index contributed by atoms with van der Waals surface area (Å²) in [4.78, 5) is 7.17. The van der Waals surface area contributed by atoms with Gasteiger partial charge in [-0.1, -0.05) is 0 Å². The Kier molecular flexibility index (Phi) is 6.37. The second-order valence-electron chi connectivity index (χ2n) is 8.45. The minimum atomic E-state index is -4.17. The van der Waals surface area contributed by atoms with Crippen molar-refractivity contribution in [2.24, 2.45) is 0 Å². The molecule has 0 unspecified atom stereocenters. The van der Waals surface area contributed by atoms with Crippen LogP contribution in [0.4, 0.5) is 19.0 Å². The van der Waals surface area contributed by atoms with Crippen LogP contribution >= 0.6 is 0 Å². The smallest absolute Gasteiger partial charge is 0.390 e. The van der Waals surface area contributed by atoms with E-state index in [4.69, 9.17) is 9.72 Å². The van der Waals surface area contributed by atoms with Crippen LogP contribution in [-0.2, 0) is 12.8 Å². The molecule has 2 aromatic rings. The number of alkyl halides is 3. The molecule has 1 aromatic carbocycles.